The molecule has 4 rings (SSSR count). The zero-order valence-corrected chi connectivity index (χ0v) is 12.8. The first kappa shape index (κ1) is 14.4. The van der Waals surface area contributed by atoms with Crippen LogP contribution in [-0.4, -0.2) is 47.6 Å². The number of amides is 1. The fourth-order valence-electron chi connectivity index (χ4n) is 3.48. The Morgan fingerprint density at radius 1 is 1.13 bits per heavy atom. The summed E-state index contributed by atoms with van der Waals surface area (Å²) in [6, 6.07) is 14.0. The number of likely N-dealkylation sites (tertiary alicyclic amines) is 1. The molecule has 1 amide bonds. The number of pyridine rings is 1. The molecule has 0 radical (unpaired) electrons. The molecule has 2 aliphatic rings. The lowest BCUT2D eigenvalue weighted by molar-refractivity contribution is -0.130. The number of ether oxygens (including phenoxy) is 1. The first-order valence-electron chi connectivity index (χ1n) is 7.91. The van der Waals surface area contributed by atoms with Crippen LogP contribution in [0.5, 0.6) is 0 Å². The molecule has 0 saturated carbocycles. The smallest absolute Gasteiger partial charge is 0.253 e. The summed E-state index contributed by atoms with van der Waals surface area (Å²) in [5.41, 5.74) is 2.14. The van der Waals surface area contributed by atoms with Crippen molar-refractivity contribution in [2.24, 2.45) is 0 Å². The van der Waals surface area contributed by atoms with E-state index in [4.69, 9.17) is 4.74 Å². The normalized spacial score (nSPS) is 24.7. The summed E-state index contributed by atoms with van der Waals surface area (Å²) in [6.07, 6.45) is 3.75. The van der Waals surface area contributed by atoms with Crippen molar-refractivity contribution >= 4 is 11.6 Å². The van der Waals surface area contributed by atoms with Crippen molar-refractivity contribution in [3.05, 3.63) is 60.4 Å². The minimum Gasteiger partial charge on any atom is -0.365 e. The van der Waals surface area contributed by atoms with Crippen LogP contribution in [0.15, 0.2) is 54.9 Å². The quantitative estimate of drug-likeness (QED) is 0.866. The van der Waals surface area contributed by atoms with Gasteiger partial charge in [0.1, 0.15) is 6.61 Å². The summed E-state index contributed by atoms with van der Waals surface area (Å²) in [7, 11) is 0. The van der Waals surface area contributed by atoms with Crippen molar-refractivity contribution in [2.75, 3.05) is 24.6 Å². The van der Waals surface area contributed by atoms with Gasteiger partial charge in [-0.3, -0.25) is 14.7 Å². The Hall–Kier alpha value is -2.24. The predicted molar refractivity (Wildman–Crippen MR) is 87.0 cm³/mol. The van der Waals surface area contributed by atoms with E-state index < -0.39 is 0 Å². The van der Waals surface area contributed by atoms with Crippen LogP contribution >= 0.6 is 0 Å². The van der Waals surface area contributed by atoms with Crippen molar-refractivity contribution < 1.29 is 9.53 Å². The van der Waals surface area contributed by atoms with Crippen molar-refractivity contribution in [3.63, 3.8) is 0 Å². The van der Waals surface area contributed by atoms with Crippen LogP contribution in [0, 0.1) is 0 Å². The molecule has 2 atom stereocenters. The lowest BCUT2D eigenvalue weighted by Gasteiger charge is -2.36. The van der Waals surface area contributed by atoms with Crippen molar-refractivity contribution in [1.82, 2.24) is 9.88 Å². The van der Waals surface area contributed by atoms with Crippen LogP contribution in [0.1, 0.15) is 5.56 Å². The number of hydrogen-bond donors (Lipinski definition) is 0. The number of carbonyl (C=O) groups is 1. The van der Waals surface area contributed by atoms with Gasteiger partial charge in [0, 0.05) is 37.7 Å². The van der Waals surface area contributed by atoms with E-state index in [1.165, 1.54) is 5.56 Å². The number of para-hydroxylation sites is 1. The highest BCUT2D eigenvalue weighted by atomic mass is 16.5. The van der Waals surface area contributed by atoms with Crippen LogP contribution in [0.25, 0.3) is 0 Å². The van der Waals surface area contributed by atoms with Gasteiger partial charge in [-0.05, 0) is 23.8 Å². The molecular weight excluding hydrogens is 290 g/mol. The molecule has 2 aromatic rings. The van der Waals surface area contributed by atoms with E-state index in [1.807, 2.05) is 47.5 Å². The van der Waals surface area contributed by atoms with E-state index in [2.05, 4.69) is 16.0 Å². The first-order chi connectivity index (χ1) is 11.3. The van der Waals surface area contributed by atoms with E-state index in [1.54, 1.807) is 6.20 Å². The summed E-state index contributed by atoms with van der Waals surface area (Å²) in [6.45, 7) is 2.66. The molecule has 0 spiro atoms. The summed E-state index contributed by atoms with van der Waals surface area (Å²) in [5.74, 6) is 0.0423. The Labute approximate surface area is 135 Å². The largest absolute Gasteiger partial charge is 0.365 e. The molecule has 2 fully saturated rings. The van der Waals surface area contributed by atoms with Gasteiger partial charge in [-0.2, -0.15) is 0 Å². The van der Waals surface area contributed by atoms with E-state index >= 15 is 0 Å². The number of anilines is 1. The molecule has 5 nitrogen and oxygen atoms in total. The lowest BCUT2D eigenvalue weighted by atomic mass is 10.1. The summed E-state index contributed by atoms with van der Waals surface area (Å²) in [4.78, 5) is 20.8. The van der Waals surface area contributed by atoms with Gasteiger partial charge in [-0.1, -0.05) is 24.3 Å². The second-order valence-corrected chi connectivity index (χ2v) is 6.07. The molecule has 1 aromatic heterocycles. The Bertz CT molecular complexity index is 677. The van der Waals surface area contributed by atoms with Crippen LogP contribution in [0.4, 0.5) is 5.69 Å². The van der Waals surface area contributed by atoms with E-state index in [-0.39, 0.29) is 24.7 Å². The molecule has 2 saturated heterocycles. The van der Waals surface area contributed by atoms with Crippen LogP contribution in [0.3, 0.4) is 0 Å². The molecular formula is C18H19N3O2. The fraction of sp³-hybridized carbons (Fsp3) is 0.333. The number of aromatic nitrogens is 1. The number of morpholine rings is 1. The van der Waals surface area contributed by atoms with E-state index in [0.29, 0.717) is 0 Å². The number of hydrogen-bond acceptors (Lipinski definition) is 4. The topological polar surface area (TPSA) is 45.7 Å². The average molecular weight is 309 g/mol. The Morgan fingerprint density at radius 2 is 2.00 bits per heavy atom. The van der Waals surface area contributed by atoms with Gasteiger partial charge in [-0.25, -0.2) is 0 Å². The maximum Gasteiger partial charge on any atom is 0.253 e. The molecule has 3 heterocycles. The molecule has 1 aromatic carbocycles. The van der Waals surface area contributed by atoms with Crippen LogP contribution < -0.4 is 4.90 Å². The molecule has 0 N–H and O–H groups in total. The zero-order chi connectivity index (χ0) is 15.6. The van der Waals surface area contributed by atoms with E-state index in [9.17, 15) is 4.79 Å². The van der Waals surface area contributed by atoms with Gasteiger partial charge in [0.25, 0.3) is 5.91 Å². The standard InChI is InChI=1S/C18H19N3O2/c22-18-13-23-17-12-20(10-14-5-4-8-19-9-14)11-16(17)21(18)15-6-2-1-3-7-15/h1-9,16-17H,10-13H2/t16-,17-/m0/s1. The second kappa shape index (κ2) is 6.10. The zero-order valence-electron chi connectivity index (χ0n) is 12.8. The average Bonchev–Trinajstić information content (AvgIpc) is 2.99. The Morgan fingerprint density at radius 3 is 2.78 bits per heavy atom. The maximum absolute atomic E-state index is 12.4. The highest BCUT2D eigenvalue weighted by Crippen LogP contribution is 2.29. The van der Waals surface area contributed by atoms with Gasteiger partial charge < -0.3 is 9.64 Å². The van der Waals surface area contributed by atoms with Crippen LogP contribution in [-0.2, 0) is 16.1 Å². The minimum atomic E-state index is 0.0423. The predicted octanol–water partition coefficient (Wildman–Crippen LogP) is 1.70. The fourth-order valence-corrected chi connectivity index (χ4v) is 3.48. The van der Waals surface area contributed by atoms with Crippen molar-refractivity contribution in [2.45, 2.75) is 18.7 Å². The van der Waals surface area contributed by atoms with Gasteiger partial charge in [0.15, 0.2) is 0 Å². The molecule has 0 unspecified atom stereocenters. The van der Waals surface area contributed by atoms with Crippen molar-refractivity contribution in [1.29, 1.82) is 0 Å². The number of benzene rings is 1. The highest BCUT2D eigenvalue weighted by molar-refractivity contribution is 5.95. The Kier molecular flexibility index (Phi) is 3.81. The third-order valence-electron chi connectivity index (χ3n) is 4.50. The molecule has 0 aliphatic carbocycles. The van der Waals surface area contributed by atoms with Crippen molar-refractivity contribution in [3.8, 4) is 0 Å². The third-order valence-corrected chi connectivity index (χ3v) is 4.50. The Balaban J connectivity index is 1.53. The van der Waals surface area contributed by atoms with Gasteiger partial charge in [-0.15, -0.1) is 0 Å². The number of nitrogens with zero attached hydrogens (tertiary/aromatic N) is 3. The van der Waals surface area contributed by atoms with Gasteiger partial charge in [0.2, 0.25) is 0 Å². The maximum atomic E-state index is 12.4. The van der Waals surface area contributed by atoms with Gasteiger partial charge >= 0.3 is 0 Å². The first-order valence-corrected chi connectivity index (χ1v) is 7.91. The molecule has 118 valence electrons. The SMILES string of the molecule is O=C1CO[C@H]2CN(Cc3cccnc3)C[C@@H]2N1c1ccccc1. The summed E-state index contributed by atoms with van der Waals surface area (Å²) >= 11 is 0. The molecule has 23 heavy (non-hydrogen) atoms. The third kappa shape index (κ3) is 2.85. The second-order valence-electron chi connectivity index (χ2n) is 6.07. The molecule has 0 bridgehead atoms. The minimum absolute atomic E-state index is 0.0423. The van der Waals surface area contributed by atoms with Gasteiger partial charge in [0.05, 0.1) is 12.1 Å². The number of fused-ring (bicyclic) bond motifs is 1. The number of rotatable bonds is 3. The molecule has 2 aliphatic heterocycles. The summed E-state index contributed by atoms with van der Waals surface area (Å²) < 4.78 is 5.79. The monoisotopic (exact) mass is 309 g/mol. The summed E-state index contributed by atoms with van der Waals surface area (Å²) in [5, 5.41) is 0. The number of carbonyl (C=O) groups excluding carboxylic acids is 1. The van der Waals surface area contributed by atoms with Crippen LogP contribution in [0.2, 0.25) is 0 Å². The van der Waals surface area contributed by atoms with E-state index in [0.717, 1.165) is 25.3 Å². The highest BCUT2D eigenvalue weighted by Gasteiger charge is 2.43. The molecule has 5 heteroatoms. The lowest BCUT2D eigenvalue weighted by Crippen LogP contribution is -2.54.